The van der Waals surface area contributed by atoms with Crippen molar-refractivity contribution < 1.29 is 28.6 Å². The van der Waals surface area contributed by atoms with Gasteiger partial charge >= 0.3 is 17.9 Å². The number of hydrogen-bond acceptors (Lipinski definition) is 6. The molecule has 0 aromatic rings. The lowest BCUT2D eigenvalue weighted by Gasteiger charge is -2.18. The van der Waals surface area contributed by atoms with Gasteiger partial charge in [0.25, 0.3) is 0 Å². The van der Waals surface area contributed by atoms with Gasteiger partial charge in [0.05, 0.1) is 0 Å². The lowest BCUT2D eigenvalue weighted by Crippen LogP contribution is -2.30. The molecule has 0 amide bonds. The highest BCUT2D eigenvalue weighted by Gasteiger charge is 2.19. The molecule has 0 aliphatic carbocycles. The van der Waals surface area contributed by atoms with Gasteiger partial charge in [-0.05, 0) is 83.5 Å². The van der Waals surface area contributed by atoms with Gasteiger partial charge in [-0.15, -0.1) is 0 Å². The van der Waals surface area contributed by atoms with Gasteiger partial charge in [0.15, 0.2) is 6.10 Å². The smallest absolute Gasteiger partial charge is 0.306 e. The quantitative estimate of drug-likeness (QED) is 0.0261. The van der Waals surface area contributed by atoms with Crippen LogP contribution in [0, 0.1) is 0 Å². The van der Waals surface area contributed by atoms with Crippen LogP contribution in [0.1, 0.15) is 374 Å². The summed E-state index contributed by atoms with van der Waals surface area (Å²) in [4.78, 5) is 38.4. The molecule has 456 valence electrons. The van der Waals surface area contributed by atoms with E-state index in [4.69, 9.17) is 14.2 Å². The third kappa shape index (κ3) is 64.2. The topological polar surface area (TPSA) is 78.9 Å². The molecule has 0 aromatic carbocycles. The molecule has 0 saturated carbocycles. The lowest BCUT2D eigenvalue weighted by atomic mass is 10.0. The number of allylic oxidation sites excluding steroid dienone is 8. The summed E-state index contributed by atoms with van der Waals surface area (Å²) in [6, 6.07) is 0. The molecule has 0 aliphatic rings. The fraction of sp³-hybridized carbons (Fsp3) is 0.847. The molecule has 0 heterocycles. The molecule has 6 nitrogen and oxygen atoms in total. The van der Waals surface area contributed by atoms with Gasteiger partial charge in [0.2, 0.25) is 0 Å². The normalized spacial score (nSPS) is 12.3. The first kappa shape index (κ1) is 75.4. The molecule has 0 N–H and O–H groups in total. The molecule has 1 unspecified atom stereocenters. The number of hydrogen-bond donors (Lipinski definition) is 0. The van der Waals surface area contributed by atoms with Gasteiger partial charge in [0, 0.05) is 19.3 Å². The van der Waals surface area contributed by atoms with Crippen LogP contribution in [0.4, 0.5) is 0 Å². The maximum absolute atomic E-state index is 12.9. The van der Waals surface area contributed by atoms with Gasteiger partial charge in [-0.1, -0.05) is 320 Å². The number of carbonyl (C=O) groups excluding carboxylic acids is 3. The minimum atomic E-state index is -0.781. The maximum atomic E-state index is 12.9. The SMILES string of the molecule is CCCCC/C=C\C/C=C\CCCCCCCCCC(=O)OCC(COC(=O)CCCCCCCCCCCCCCCCCCCCCCCCCCC)OC(=O)CCCCCCCCC/C=C\C/C=C\CCCCCC. The Morgan fingerprint density at radius 3 is 0.744 bits per heavy atom. The highest BCUT2D eigenvalue weighted by Crippen LogP contribution is 2.18. The molecular formula is C72H132O6. The van der Waals surface area contributed by atoms with E-state index in [1.54, 1.807) is 0 Å². The highest BCUT2D eigenvalue weighted by atomic mass is 16.6. The van der Waals surface area contributed by atoms with E-state index in [1.807, 2.05) is 0 Å². The van der Waals surface area contributed by atoms with E-state index in [-0.39, 0.29) is 31.1 Å². The van der Waals surface area contributed by atoms with E-state index in [9.17, 15) is 14.4 Å². The Hall–Kier alpha value is -2.63. The Kier molecular flexibility index (Phi) is 64.6. The largest absolute Gasteiger partial charge is 0.462 e. The van der Waals surface area contributed by atoms with Crippen molar-refractivity contribution in [3.63, 3.8) is 0 Å². The van der Waals surface area contributed by atoms with Gasteiger partial charge < -0.3 is 14.2 Å². The standard InChI is InChI=1S/C72H132O6/c1-4-7-10-13-16-19-22-25-28-31-33-34-35-36-37-38-39-42-44-47-50-53-56-59-62-65-71(74)77-68-69(67-76-70(73)64-61-58-55-52-49-46-43-40-30-27-24-21-18-15-12-9-6-3)78-72(75)66-63-60-57-54-51-48-45-41-32-29-26-23-20-17-14-11-8-5-2/h18,20-21,23,27,29-30,32,69H,4-17,19,22,24-26,28,31,33-68H2,1-3H3/b21-18-,23-20-,30-27-,32-29-. The molecular weight excluding hydrogens is 961 g/mol. The predicted octanol–water partition coefficient (Wildman–Crippen LogP) is 23.7. The molecule has 0 radical (unpaired) electrons. The summed E-state index contributed by atoms with van der Waals surface area (Å²) in [6.45, 7) is 6.65. The molecule has 0 saturated heterocycles. The minimum absolute atomic E-state index is 0.0751. The van der Waals surface area contributed by atoms with E-state index in [0.29, 0.717) is 19.3 Å². The van der Waals surface area contributed by atoms with Crippen molar-refractivity contribution in [2.45, 2.75) is 380 Å². The van der Waals surface area contributed by atoms with Crippen LogP contribution in [0.25, 0.3) is 0 Å². The summed E-state index contributed by atoms with van der Waals surface area (Å²) in [6.07, 6.45) is 84.1. The van der Waals surface area contributed by atoms with E-state index in [1.165, 1.54) is 250 Å². The van der Waals surface area contributed by atoms with Crippen molar-refractivity contribution in [2.75, 3.05) is 13.2 Å². The van der Waals surface area contributed by atoms with E-state index in [2.05, 4.69) is 69.4 Å². The van der Waals surface area contributed by atoms with Crippen LogP contribution in [0.3, 0.4) is 0 Å². The number of esters is 3. The lowest BCUT2D eigenvalue weighted by molar-refractivity contribution is -0.167. The molecule has 0 fully saturated rings. The fourth-order valence-corrected chi connectivity index (χ4v) is 10.3. The molecule has 1 atom stereocenters. The van der Waals surface area contributed by atoms with Gasteiger partial charge in [-0.3, -0.25) is 14.4 Å². The second-order valence-corrected chi connectivity index (χ2v) is 23.4. The molecule has 78 heavy (non-hydrogen) atoms. The summed E-state index contributed by atoms with van der Waals surface area (Å²) >= 11 is 0. The summed E-state index contributed by atoms with van der Waals surface area (Å²) < 4.78 is 17.0. The molecule has 0 rings (SSSR count). The third-order valence-electron chi connectivity index (χ3n) is 15.6. The Morgan fingerprint density at radius 1 is 0.256 bits per heavy atom. The van der Waals surface area contributed by atoms with Crippen molar-refractivity contribution >= 4 is 17.9 Å². The highest BCUT2D eigenvalue weighted by molar-refractivity contribution is 5.71. The van der Waals surface area contributed by atoms with Crippen molar-refractivity contribution in [1.82, 2.24) is 0 Å². The fourth-order valence-electron chi connectivity index (χ4n) is 10.3. The first-order valence-corrected chi connectivity index (χ1v) is 34.6. The first-order valence-electron chi connectivity index (χ1n) is 34.6. The third-order valence-corrected chi connectivity index (χ3v) is 15.6. The molecule has 6 heteroatoms. The monoisotopic (exact) mass is 1090 g/mol. The van der Waals surface area contributed by atoms with Gasteiger partial charge in [0.1, 0.15) is 13.2 Å². The van der Waals surface area contributed by atoms with Crippen molar-refractivity contribution in [3.8, 4) is 0 Å². The number of rotatable bonds is 64. The average Bonchev–Trinajstić information content (AvgIpc) is 3.44. The van der Waals surface area contributed by atoms with Crippen molar-refractivity contribution in [3.05, 3.63) is 48.6 Å². The summed E-state index contributed by atoms with van der Waals surface area (Å²) in [5.41, 5.74) is 0. The summed E-state index contributed by atoms with van der Waals surface area (Å²) in [5.74, 6) is -0.866. The van der Waals surface area contributed by atoms with Crippen molar-refractivity contribution in [1.29, 1.82) is 0 Å². The van der Waals surface area contributed by atoms with Gasteiger partial charge in [-0.2, -0.15) is 0 Å². The van der Waals surface area contributed by atoms with Crippen LogP contribution < -0.4 is 0 Å². The van der Waals surface area contributed by atoms with Crippen LogP contribution >= 0.6 is 0 Å². The predicted molar refractivity (Wildman–Crippen MR) is 339 cm³/mol. The molecule has 0 aliphatic heterocycles. The van der Waals surface area contributed by atoms with Crippen LogP contribution in [0.2, 0.25) is 0 Å². The zero-order valence-electron chi connectivity index (χ0n) is 52.5. The maximum Gasteiger partial charge on any atom is 0.306 e. The molecule has 0 bridgehead atoms. The summed E-state index contributed by atoms with van der Waals surface area (Å²) in [5, 5.41) is 0. The number of unbranched alkanes of at least 4 members (excludes halogenated alkanes) is 45. The van der Waals surface area contributed by atoms with Crippen LogP contribution in [0.5, 0.6) is 0 Å². The van der Waals surface area contributed by atoms with E-state index in [0.717, 1.165) is 83.5 Å². The first-order chi connectivity index (χ1) is 38.5. The van der Waals surface area contributed by atoms with E-state index >= 15 is 0 Å². The Labute approximate surface area is 486 Å². The Morgan fingerprint density at radius 2 is 0.462 bits per heavy atom. The van der Waals surface area contributed by atoms with Crippen LogP contribution in [-0.2, 0) is 28.6 Å². The zero-order chi connectivity index (χ0) is 56.4. The number of ether oxygens (including phenoxy) is 3. The van der Waals surface area contributed by atoms with Crippen LogP contribution in [0.15, 0.2) is 48.6 Å². The van der Waals surface area contributed by atoms with Crippen molar-refractivity contribution in [2.24, 2.45) is 0 Å². The second kappa shape index (κ2) is 66.9. The Balaban J connectivity index is 4.29. The molecule has 0 spiro atoms. The summed E-state index contributed by atoms with van der Waals surface area (Å²) in [7, 11) is 0. The minimum Gasteiger partial charge on any atom is -0.462 e. The number of carbonyl (C=O) groups is 3. The zero-order valence-corrected chi connectivity index (χ0v) is 52.5. The Bertz CT molecular complexity index is 1350. The van der Waals surface area contributed by atoms with Gasteiger partial charge in [-0.25, -0.2) is 0 Å². The van der Waals surface area contributed by atoms with E-state index < -0.39 is 6.10 Å². The van der Waals surface area contributed by atoms with Crippen LogP contribution in [-0.4, -0.2) is 37.2 Å². The molecule has 0 aromatic heterocycles. The average molecular weight is 1090 g/mol. The second-order valence-electron chi connectivity index (χ2n) is 23.4.